The summed E-state index contributed by atoms with van der Waals surface area (Å²) in [7, 11) is 2.04. The molecule has 0 saturated carbocycles. The number of rotatable bonds is 6. The van der Waals surface area contributed by atoms with Crippen molar-refractivity contribution >= 4 is 5.82 Å². The maximum Gasteiger partial charge on any atom is 0.128 e. The molecule has 1 fully saturated rings. The predicted octanol–water partition coefficient (Wildman–Crippen LogP) is 1.50. The summed E-state index contributed by atoms with van der Waals surface area (Å²) in [5.74, 6) is 0.926. The minimum atomic E-state index is 0.606. The molecule has 1 aliphatic heterocycles. The van der Waals surface area contributed by atoms with E-state index < -0.39 is 0 Å². The molecule has 1 aromatic heterocycles. The molecule has 0 amide bonds. The van der Waals surface area contributed by atoms with Crippen molar-refractivity contribution in [2.45, 2.75) is 12.8 Å². The third-order valence-corrected chi connectivity index (χ3v) is 3.59. The number of hydrogen-bond acceptors (Lipinski definition) is 5. The highest BCUT2D eigenvalue weighted by atomic mass is 16.5. The van der Waals surface area contributed by atoms with Crippen LogP contribution in [-0.2, 0) is 4.74 Å². The van der Waals surface area contributed by atoms with Gasteiger partial charge in [-0.3, -0.25) is 4.90 Å². The van der Waals surface area contributed by atoms with Crippen molar-refractivity contribution in [2.75, 3.05) is 51.3 Å². The Hall–Kier alpha value is -1.64. The fraction of sp³-hybridized carbons (Fsp3) is 0.600. The van der Waals surface area contributed by atoms with Crippen molar-refractivity contribution in [3.8, 4) is 6.07 Å². The van der Waals surface area contributed by atoms with Crippen LogP contribution in [-0.4, -0.2) is 56.3 Å². The van der Waals surface area contributed by atoms with E-state index in [0.29, 0.717) is 5.56 Å². The van der Waals surface area contributed by atoms with E-state index in [9.17, 15) is 0 Å². The van der Waals surface area contributed by atoms with Gasteiger partial charge in [-0.25, -0.2) is 4.98 Å². The highest BCUT2D eigenvalue weighted by Crippen LogP contribution is 2.10. The molecular weight excluding hydrogens is 252 g/mol. The van der Waals surface area contributed by atoms with Gasteiger partial charge < -0.3 is 9.64 Å². The van der Waals surface area contributed by atoms with E-state index in [1.165, 1.54) is 6.42 Å². The second-order valence-corrected chi connectivity index (χ2v) is 5.10. The average Bonchev–Trinajstić information content (AvgIpc) is 2.52. The SMILES string of the molecule is CN(CCCCN1CCOCC1)c1ccc(C#N)cn1. The number of aromatic nitrogens is 1. The van der Waals surface area contributed by atoms with Crippen molar-refractivity contribution in [2.24, 2.45) is 0 Å². The van der Waals surface area contributed by atoms with E-state index in [4.69, 9.17) is 10.00 Å². The smallest absolute Gasteiger partial charge is 0.128 e. The molecular formula is C15H22N4O. The zero-order chi connectivity index (χ0) is 14.2. The molecule has 108 valence electrons. The summed E-state index contributed by atoms with van der Waals surface area (Å²) < 4.78 is 5.34. The van der Waals surface area contributed by atoms with Gasteiger partial charge in [0.2, 0.25) is 0 Å². The van der Waals surface area contributed by atoms with E-state index in [2.05, 4.69) is 20.9 Å². The molecule has 0 aliphatic carbocycles. The Bertz CT molecular complexity index is 434. The fourth-order valence-electron chi connectivity index (χ4n) is 2.30. The van der Waals surface area contributed by atoms with E-state index in [1.54, 1.807) is 6.20 Å². The predicted molar refractivity (Wildman–Crippen MR) is 78.7 cm³/mol. The third kappa shape index (κ3) is 4.48. The molecule has 0 atom stereocenters. The Morgan fingerprint density at radius 3 is 2.80 bits per heavy atom. The van der Waals surface area contributed by atoms with Crippen molar-refractivity contribution in [3.05, 3.63) is 23.9 Å². The van der Waals surface area contributed by atoms with Crippen LogP contribution in [0.25, 0.3) is 0 Å². The Morgan fingerprint density at radius 1 is 1.35 bits per heavy atom. The van der Waals surface area contributed by atoms with Gasteiger partial charge in [-0.05, 0) is 31.5 Å². The third-order valence-electron chi connectivity index (χ3n) is 3.59. The lowest BCUT2D eigenvalue weighted by Crippen LogP contribution is -2.37. The van der Waals surface area contributed by atoms with Crippen LogP contribution in [0.2, 0.25) is 0 Å². The van der Waals surface area contributed by atoms with Crippen molar-refractivity contribution in [1.29, 1.82) is 5.26 Å². The Morgan fingerprint density at radius 2 is 2.15 bits per heavy atom. The Labute approximate surface area is 120 Å². The number of nitriles is 1. The molecule has 5 heteroatoms. The monoisotopic (exact) mass is 274 g/mol. The lowest BCUT2D eigenvalue weighted by molar-refractivity contribution is 0.0372. The van der Waals surface area contributed by atoms with Crippen LogP contribution in [0, 0.1) is 11.3 Å². The van der Waals surface area contributed by atoms with Crippen molar-refractivity contribution in [3.63, 3.8) is 0 Å². The van der Waals surface area contributed by atoms with Gasteiger partial charge in [0.25, 0.3) is 0 Å². The van der Waals surface area contributed by atoms with Crippen LogP contribution in [0.15, 0.2) is 18.3 Å². The largest absolute Gasteiger partial charge is 0.379 e. The zero-order valence-electron chi connectivity index (χ0n) is 12.1. The molecule has 20 heavy (non-hydrogen) atoms. The number of unbranched alkanes of at least 4 members (excludes halogenated alkanes) is 1. The first-order valence-electron chi connectivity index (χ1n) is 7.17. The molecule has 0 bridgehead atoms. The maximum absolute atomic E-state index is 8.75. The van der Waals surface area contributed by atoms with Gasteiger partial charge >= 0.3 is 0 Å². The van der Waals surface area contributed by atoms with E-state index in [0.717, 1.165) is 51.6 Å². The first-order valence-corrected chi connectivity index (χ1v) is 7.17. The molecule has 2 rings (SSSR count). The number of anilines is 1. The van der Waals surface area contributed by atoms with Crippen LogP contribution in [0.3, 0.4) is 0 Å². The van der Waals surface area contributed by atoms with Crippen LogP contribution < -0.4 is 4.90 Å². The molecule has 5 nitrogen and oxygen atoms in total. The minimum Gasteiger partial charge on any atom is -0.379 e. The average molecular weight is 274 g/mol. The first kappa shape index (κ1) is 14.8. The standard InChI is InChI=1S/C15H22N4O/c1-18(15-5-4-14(12-16)13-17-15)6-2-3-7-19-8-10-20-11-9-19/h4-5,13H,2-3,6-11H2,1H3. The molecule has 0 unspecified atom stereocenters. The normalized spacial score (nSPS) is 15.8. The lowest BCUT2D eigenvalue weighted by Gasteiger charge is -2.26. The molecule has 2 heterocycles. The van der Waals surface area contributed by atoms with Crippen LogP contribution in [0.4, 0.5) is 5.82 Å². The summed E-state index contributed by atoms with van der Waals surface area (Å²) in [6.45, 7) is 6.01. The highest BCUT2D eigenvalue weighted by molar-refractivity contribution is 5.40. The van der Waals surface area contributed by atoms with E-state index in [1.807, 2.05) is 19.2 Å². The van der Waals surface area contributed by atoms with Gasteiger partial charge in [-0.2, -0.15) is 5.26 Å². The van der Waals surface area contributed by atoms with Crippen LogP contribution in [0.1, 0.15) is 18.4 Å². The minimum absolute atomic E-state index is 0.606. The van der Waals surface area contributed by atoms with E-state index in [-0.39, 0.29) is 0 Å². The van der Waals surface area contributed by atoms with Gasteiger partial charge in [-0.1, -0.05) is 0 Å². The van der Waals surface area contributed by atoms with Gasteiger partial charge in [0.05, 0.1) is 18.8 Å². The number of ether oxygens (including phenoxy) is 1. The van der Waals surface area contributed by atoms with Gasteiger partial charge in [0.1, 0.15) is 11.9 Å². The maximum atomic E-state index is 8.75. The summed E-state index contributed by atoms with van der Waals surface area (Å²) in [6, 6.07) is 5.80. The molecule has 1 aliphatic rings. The Kier molecular flexibility index (Phi) is 5.78. The van der Waals surface area contributed by atoms with Crippen LogP contribution in [0.5, 0.6) is 0 Å². The summed E-state index contributed by atoms with van der Waals surface area (Å²) in [4.78, 5) is 8.90. The quantitative estimate of drug-likeness (QED) is 0.736. The highest BCUT2D eigenvalue weighted by Gasteiger charge is 2.09. The summed E-state index contributed by atoms with van der Waals surface area (Å²) in [5.41, 5.74) is 0.606. The van der Waals surface area contributed by atoms with Gasteiger partial charge in [-0.15, -0.1) is 0 Å². The van der Waals surface area contributed by atoms with E-state index >= 15 is 0 Å². The van der Waals surface area contributed by atoms with Gasteiger partial charge in [0, 0.05) is 32.9 Å². The van der Waals surface area contributed by atoms with Gasteiger partial charge in [0.15, 0.2) is 0 Å². The number of nitrogens with zero attached hydrogens (tertiary/aromatic N) is 4. The topological polar surface area (TPSA) is 52.4 Å². The summed E-state index contributed by atoms with van der Waals surface area (Å²) in [6.07, 6.45) is 3.97. The zero-order valence-corrected chi connectivity index (χ0v) is 12.1. The molecule has 0 spiro atoms. The number of morpholine rings is 1. The molecule has 0 radical (unpaired) electrons. The first-order chi connectivity index (χ1) is 9.79. The lowest BCUT2D eigenvalue weighted by atomic mass is 10.2. The summed E-state index contributed by atoms with van der Waals surface area (Å²) in [5, 5.41) is 8.75. The number of hydrogen-bond donors (Lipinski definition) is 0. The molecule has 0 N–H and O–H groups in total. The van der Waals surface area contributed by atoms with Crippen molar-refractivity contribution < 1.29 is 4.74 Å². The molecule has 1 aromatic rings. The summed E-state index contributed by atoms with van der Waals surface area (Å²) >= 11 is 0. The molecule has 0 aromatic carbocycles. The van der Waals surface area contributed by atoms with Crippen molar-refractivity contribution in [1.82, 2.24) is 9.88 Å². The number of pyridine rings is 1. The second kappa shape index (κ2) is 7.83. The second-order valence-electron chi connectivity index (χ2n) is 5.10. The fourth-order valence-corrected chi connectivity index (χ4v) is 2.30. The van der Waals surface area contributed by atoms with Crippen LogP contribution >= 0.6 is 0 Å². The Balaban J connectivity index is 1.66. The molecule has 1 saturated heterocycles.